The summed E-state index contributed by atoms with van der Waals surface area (Å²) < 4.78 is 37.6. The zero-order valence-corrected chi connectivity index (χ0v) is 20.0. The number of fused-ring (bicyclic) bond motifs is 1. The first-order valence-corrected chi connectivity index (χ1v) is 12.2. The summed E-state index contributed by atoms with van der Waals surface area (Å²) in [5, 5.41) is 0. The van der Waals surface area contributed by atoms with Gasteiger partial charge in [-0.2, -0.15) is 0 Å². The van der Waals surface area contributed by atoms with Crippen molar-refractivity contribution in [2.45, 2.75) is 50.2 Å². The minimum atomic E-state index is -0.729. The van der Waals surface area contributed by atoms with Crippen LogP contribution >= 0.6 is 0 Å². The standard InChI is InChI=1S/C30H30O6/c1-2-18-31-30-28(33-20-23-14-8-4-9-15-23)27(32-19-22-12-6-3-7-13-22)26-25(35-30)21-34-29(36-26)24-16-10-5-11-17-24/h1,3-17,25-30H,18-21H2/t25-,26-,27+,28-,29-,30?/m1/s1. The molecule has 2 saturated heterocycles. The van der Waals surface area contributed by atoms with Crippen LogP contribution in [0.25, 0.3) is 0 Å². The molecular formula is C30H30O6. The third-order valence-corrected chi connectivity index (χ3v) is 6.26. The first-order valence-electron chi connectivity index (χ1n) is 12.2. The van der Waals surface area contributed by atoms with Crippen LogP contribution in [0.15, 0.2) is 91.0 Å². The monoisotopic (exact) mass is 486 g/mol. The van der Waals surface area contributed by atoms with Gasteiger partial charge in [-0.1, -0.05) is 96.9 Å². The van der Waals surface area contributed by atoms with Crippen LogP contribution in [0.2, 0.25) is 0 Å². The number of hydrogen-bond donors (Lipinski definition) is 0. The minimum Gasteiger partial charge on any atom is -0.368 e. The Labute approximate surface area is 212 Å². The number of hydrogen-bond acceptors (Lipinski definition) is 6. The van der Waals surface area contributed by atoms with Crippen molar-refractivity contribution in [1.82, 2.24) is 0 Å². The zero-order chi connectivity index (χ0) is 24.6. The normalized spacial score (nSPS) is 27.6. The van der Waals surface area contributed by atoms with E-state index in [-0.39, 0.29) is 6.61 Å². The van der Waals surface area contributed by atoms with Crippen LogP contribution in [0.5, 0.6) is 0 Å². The average Bonchev–Trinajstić information content (AvgIpc) is 2.95. The molecule has 5 rings (SSSR count). The Bertz CT molecular complexity index is 1100. The highest BCUT2D eigenvalue weighted by Gasteiger charge is 2.51. The fourth-order valence-corrected chi connectivity index (χ4v) is 4.49. The zero-order valence-electron chi connectivity index (χ0n) is 20.0. The first-order chi connectivity index (χ1) is 17.8. The van der Waals surface area contributed by atoms with E-state index >= 15 is 0 Å². The summed E-state index contributed by atoms with van der Waals surface area (Å²) in [6.07, 6.45) is 2.35. The van der Waals surface area contributed by atoms with Gasteiger partial charge in [0.1, 0.15) is 31.0 Å². The van der Waals surface area contributed by atoms with Crippen molar-refractivity contribution in [3.63, 3.8) is 0 Å². The van der Waals surface area contributed by atoms with Crippen LogP contribution in [0, 0.1) is 12.3 Å². The highest BCUT2D eigenvalue weighted by Crippen LogP contribution is 2.37. The van der Waals surface area contributed by atoms with Gasteiger partial charge in [-0.3, -0.25) is 0 Å². The second-order valence-electron chi connectivity index (χ2n) is 8.76. The van der Waals surface area contributed by atoms with Gasteiger partial charge in [-0.15, -0.1) is 6.42 Å². The Balaban J connectivity index is 1.41. The molecule has 6 atom stereocenters. The van der Waals surface area contributed by atoms with Crippen molar-refractivity contribution in [2.75, 3.05) is 13.2 Å². The van der Waals surface area contributed by atoms with Crippen molar-refractivity contribution in [3.05, 3.63) is 108 Å². The maximum Gasteiger partial charge on any atom is 0.188 e. The molecule has 0 bridgehead atoms. The predicted octanol–water partition coefficient (Wildman–Crippen LogP) is 4.65. The molecule has 2 aliphatic rings. The molecule has 6 heteroatoms. The van der Waals surface area contributed by atoms with E-state index in [1.165, 1.54) is 0 Å². The van der Waals surface area contributed by atoms with Gasteiger partial charge >= 0.3 is 0 Å². The van der Waals surface area contributed by atoms with Gasteiger partial charge in [-0.25, -0.2) is 0 Å². The Morgan fingerprint density at radius 3 is 1.92 bits per heavy atom. The van der Waals surface area contributed by atoms with E-state index in [0.29, 0.717) is 19.8 Å². The topological polar surface area (TPSA) is 55.4 Å². The molecule has 3 aromatic rings. The van der Waals surface area contributed by atoms with Gasteiger partial charge in [0.05, 0.1) is 19.8 Å². The Morgan fingerprint density at radius 1 is 0.722 bits per heavy atom. The van der Waals surface area contributed by atoms with Crippen molar-refractivity contribution < 1.29 is 28.4 Å². The lowest BCUT2D eigenvalue weighted by molar-refractivity contribution is -0.371. The highest BCUT2D eigenvalue weighted by atomic mass is 16.8. The SMILES string of the molecule is C#CCOC1O[C@@H]2CO[C@@H](c3ccccc3)O[C@H]2[C@H](OCc2ccccc2)[C@H]1OCc1ccccc1. The smallest absolute Gasteiger partial charge is 0.188 e. The molecule has 36 heavy (non-hydrogen) atoms. The van der Waals surface area contributed by atoms with Crippen LogP contribution < -0.4 is 0 Å². The fraction of sp³-hybridized carbons (Fsp3) is 0.333. The lowest BCUT2D eigenvalue weighted by atomic mass is 9.97. The van der Waals surface area contributed by atoms with Crippen LogP contribution in [-0.4, -0.2) is 43.9 Å². The van der Waals surface area contributed by atoms with E-state index in [1.54, 1.807) is 0 Å². The third kappa shape index (κ3) is 6.03. The number of benzene rings is 3. The quantitative estimate of drug-likeness (QED) is 0.411. The second kappa shape index (κ2) is 12.3. The highest BCUT2D eigenvalue weighted by molar-refractivity contribution is 5.17. The Kier molecular flexibility index (Phi) is 8.42. The lowest BCUT2D eigenvalue weighted by Crippen LogP contribution is -2.63. The van der Waals surface area contributed by atoms with Gasteiger partial charge in [0.15, 0.2) is 12.6 Å². The van der Waals surface area contributed by atoms with Gasteiger partial charge in [0.2, 0.25) is 0 Å². The molecule has 6 nitrogen and oxygen atoms in total. The third-order valence-electron chi connectivity index (χ3n) is 6.26. The van der Waals surface area contributed by atoms with E-state index in [4.69, 9.17) is 34.8 Å². The molecule has 0 spiro atoms. The van der Waals surface area contributed by atoms with Crippen LogP contribution in [0.4, 0.5) is 0 Å². The van der Waals surface area contributed by atoms with Crippen molar-refractivity contribution in [1.29, 1.82) is 0 Å². The average molecular weight is 487 g/mol. The van der Waals surface area contributed by atoms with Crippen LogP contribution in [-0.2, 0) is 41.6 Å². The molecule has 0 amide bonds. The van der Waals surface area contributed by atoms with Gasteiger partial charge in [0, 0.05) is 5.56 Å². The largest absolute Gasteiger partial charge is 0.368 e. The van der Waals surface area contributed by atoms with Crippen LogP contribution in [0.3, 0.4) is 0 Å². The van der Waals surface area contributed by atoms with E-state index in [9.17, 15) is 0 Å². The summed E-state index contributed by atoms with van der Waals surface area (Å²) in [6.45, 7) is 1.18. The number of ether oxygens (including phenoxy) is 6. The molecule has 0 saturated carbocycles. The van der Waals surface area contributed by atoms with E-state index in [1.807, 2.05) is 91.0 Å². The van der Waals surface area contributed by atoms with E-state index < -0.39 is 37.0 Å². The van der Waals surface area contributed by atoms with Gasteiger partial charge in [-0.05, 0) is 11.1 Å². The molecule has 0 aliphatic carbocycles. The molecule has 0 radical (unpaired) electrons. The lowest BCUT2D eigenvalue weighted by Gasteiger charge is -2.48. The molecule has 1 unspecified atom stereocenters. The summed E-state index contributed by atoms with van der Waals surface area (Å²) in [5.74, 6) is 2.52. The minimum absolute atomic E-state index is 0.0903. The molecule has 186 valence electrons. The number of terminal acetylenes is 1. The summed E-state index contributed by atoms with van der Waals surface area (Å²) in [6, 6.07) is 29.8. The molecule has 2 fully saturated rings. The van der Waals surface area contributed by atoms with Crippen molar-refractivity contribution >= 4 is 0 Å². The maximum absolute atomic E-state index is 6.52. The van der Waals surface area contributed by atoms with Gasteiger partial charge < -0.3 is 28.4 Å². The summed E-state index contributed by atoms with van der Waals surface area (Å²) in [5.41, 5.74) is 3.02. The molecular weight excluding hydrogens is 456 g/mol. The Hall–Kier alpha value is -3.02. The second-order valence-corrected chi connectivity index (χ2v) is 8.76. The molecule has 2 aliphatic heterocycles. The molecule has 3 aromatic carbocycles. The van der Waals surface area contributed by atoms with E-state index in [2.05, 4.69) is 5.92 Å². The molecule has 0 aromatic heterocycles. The molecule has 0 N–H and O–H groups in total. The first kappa shape index (κ1) is 24.7. The van der Waals surface area contributed by atoms with E-state index in [0.717, 1.165) is 16.7 Å². The van der Waals surface area contributed by atoms with Crippen LogP contribution in [0.1, 0.15) is 23.0 Å². The van der Waals surface area contributed by atoms with Crippen molar-refractivity contribution in [2.24, 2.45) is 0 Å². The fourth-order valence-electron chi connectivity index (χ4n) is 4.49. The molecule has 2 heterocycles. The summed E-state index contributed by atoms with van der Waals surface area (Å²) in [4.78, 5) is 0. The summed E-state index contributed by atoms with van der Waals surface area (Å²) in [7, 11) is 0. The van der Waals surface area contributed by atoms with Crippen molar-refractivity contribution in [3.8, 4) is 12.3 Å². The summed E-state index contributed by atoms with van der Waals surface area (Å²) >= 11 is 0. The predicted molar refractivity (Wildman–Crippen MR) is 133 cm³/mol. The number of rotatable bonds is 9. The Morgan fingerprint density at radius 2 is 1.31 bits per heavy atom. The maximum atomic E-state index is 6.52. The van der Waals surface area contributed by atoms with Gasteiger partial charge in [0.25, 0.3) is 0 Å².